The van der Waals surface area contributed by atoms with Crippen LogP contribution >= 0.6 is 0 Å². The summed E-state index contributed by atoms with van der Waals surface area (Å²) in [6.45, 7) is 9.05. The van der Waals surface area contributed by atoms with Crippen LogP contribution in [0.2, 0.25) is 0 Å². The van der Waals surface area contributed by atoms with Crippen molar-refractivity contribution in [1.82, 2.24) is 0 Å². The van der Waals surface area contributed by atoms with E-state index in [1.54, 1.807) is 0 Å². The van der Waals surface area contributed by atoms with Crippen LogP contribution in [0.15, 0.2) is 11.6 Å². The molecule has 0 aromatic rings. The molecular formula is C15H26O. The van der Waals surface area contributed by atoms with Gasteiger partial charge in [0.05, 0.1) is 5.60 Å². The number of rotatable bonds is 0. The molecule has 0 amide bonds. The maximum Gasteiger partial charge on any atom is 0.0653 e. The molecule has 0 aromatic carbocycles. The Balaban J connectivity index is 2.37. The molecule has 1 heteroatoms. The van der Waals surface area contributed by atoms with Gasteiger partial charge < -0.3 is 5.11 Å². The molecule has 0 aromatic heterocycles. The molecule has 0 bridgehead atoms. The Bertz CT molecular complexity index is 299. The molecule has 92 valence electrons. The fourth-order valence-corrected chi connectivity index (χ4v) is 3.79. The summed E-state index contributed by atoms with van der Waals surface area (Å²) in [6.07, 6.45) is 8.18. The van der Waals surface area contributed by atoms with Crippen molar-refractivity contribution in [2.45, 2.75) is 65.4 Å². The summed E-state index contributed by atoms with van der Waals surface area (Å²) in [5, 5.41) is 10.6. The molecule has 1 saturated carbocycles. The predicted molar refractivity (Wildman–Crippen MR) is 68.2 cm³/mol. The van der Waals surface area contributed by atoms with Gasteiger partial charge in [-0.2, -0.15) is 0 Å². The van der Waals surface area contributed by atoms with Gasteiger partial charge in [-0.3, -0.25) is 0 Å². The second-order valence-electron chi connectivity index (χ2n) is 6.88. The summed E-state index contributed by atoms with van der Waals surface area (Å²) in [5.74, 6) is 1.03. The first kappa shape index (κ1) is 12.2. The molecule has 0 saturated heterocycles. The van der Waals surface area contributed by atoms with E-state index in [-0.39, 0.29) is 0 Å². The van der Waals surface area contributed by atoms with E-state index < -0.39 is 5.60 Å². The topological polar surface area (TPSA) is 20.2 Å². The van der Waals surface area contributed by atoms with Crippen LogP contribution < -0.4 is 0 Å². The zero-order valence-corrected chi connectivity index (χ0v) is 11.2. The summed E-state index contributed by atoms with van der Waals surface area (Å²) in [6, 6.07) is 0. The van der Waals surface area contributed by atoms with Crippen molar-refractivity contribution in [2.75, 3.05) is 0 Å². The normalized spacial score (nSPS) is 43.2. The molecule has 2 aliphatic rings. The minimum Gasteiger partial charge on any atom is -0.390 e. The van der Waals surface area contributed by atoms with Gasteiger partial charge in [0, 0.05) is 0 Å². The molecular weight excluding hydrogens is 196 g/mol. The van der Waals surface area contributed by atoms with Crippen molar-refractivity contribution < 1.29 is 5.11 Å². The van der Waals surface area contributed by atoms with Gasteiger partial charge in [0.15, 0.2) is 0 Å². The quantitative estimate of drug-likeness (QED) is 0.616. The fraction of sp³-hybridized carbons (Fsp3) is 0.867. The second kappa shape index (κ2) is 3.87. The van der Waals surface area contributed by atoms with Gasteiger partial charge in [-0.15, -0.1) is 0 Å². The van der Waals surface area contributed by atoms with Gasteiger partial charge in [-0.05, 0) is 56.8 Å². The highest BCUT2D eigenvalue weighted by Crippen LogP contribution is 2.51. The third-order valence-corrected chi connectivity index (χ3v) is 4.95. The van der Waals surface area contributed by atoms with Gasteiger partial charge in [-0.1, -0.05) is 31.9 Å². The highest BCUT2D eigenvalue weighted by Gasteiger charge is 2.46. The minimum atomic E-state index is -0.449. The Morgan fingerprint density at radius 2 is 1.94 bits per heavy atom. The van der Waals surface area contributed by atoms with Crippen LogP contribution in [0.1, 0.15) is 59.8 Å². The molecule has 2 aliphatic carbocycles. The van der Waals surface area contributed by atoms with Gasteiger partial charge in [0.1, 0.15) is 0 Å². The molecule has 0 radical (unpaired) electrons. The maximum absolute atomic E-state index is 10.6. The molecule has 0 unspecified atom stereocenters. The molecule has 2 rings (SSSR count). The van der Waals surface area contributed by atoms with Gasteiger partial charge in [0.2, 0.25) is 0 Å². The van der Waals surface area contributed by atoms with E-state index in [1.165, 1.54) is 31.3 Å². The third kappa shape index (κ3) is 2.07. The van der Waals surface area contributed by atoms with Crippen LogP contribution in [0.5, 0.6) is 0 Å². The van der Waals surface area contributed by atoms with Crippen molar-refractivity contribution in [3.63, 3.8) is 0 Å². The SMILES string of the molecule is CC1=C[C@@H]2[C@@H](CC1)[C@@](C)(O)CCCC2(C)C. The fourth-order valence-electron chi connectivity index (χ4n) is 3.79. The Hall–Kier alpha value is -0.300. The van der Waals surface area contributed by atoms with Crippen LogP contribution in [0.4, 0.5) is 0 Å². The van der Waals surface area contributed by atoms with E-state index in [0.717, 1.165) is 6.42 Å². The minimum absolute atomic E-state index is 0.354. The molecule has 3 atom stereocenters. The molecule has 1 N–H and O–H groups in total. The Labute approximate surface area is 99.9 Å². The first-order valence-corrected chi connectivity index (χ1v) is 6.73. The van der Waals surface area contributed by atoms with Gasteiger partial charge >= 0.3 is 0 Å². The van der Waals surface area contributed by atoms with Crippen molar-refractivity contribution in [1.29, 1.82) is 0 Å². The first-order chi connectivity index (χ1) is 7.33. The van der Waals surface area contributed by atoms with Crippen LogP contribution in [-0.4, -0.2) is 10.7 Å². The lowest BCUT2D eigenvalue weighted by atomic mass is 9.63. The smallest absolute Gasteiger partial charge is 0.0653 e. The lowest BCUT2D eigenvalue weighted by molar-refractivity contribution is -0.0380. The van der Waals surface area contributed by atoms with E-state index in [9.17, 15) is 5.11 Å². The summed E-state index contributed by atoms with van der Waals surface area (Å²) < 4.78 is 0. The summed E-state index contributed by atoms with van der Waals surface area (Å²) in [7, 11) is 0. The lowest BCUT2D eigenvalue weighted by Gasteiger charge is -2.44. The van der Waals surface area contributed by atoms with E-state index in [1.807, 2.05) is 0 Å². The number of aliphatic hydroxyl groups is 1. The van der Waals surface area contributed by atoms with Crippen molar-refractivity contribution >= 4 is 0 Å². The van der Waals surface area contributed by atoms with Crippen molar-refractivity contribution in [3.05, 3.63) is 11.6 Å². The summed E-state index contributed by atoms with van der Waals surface area (Å²) in [4.78, 5) is 0. The zero-order valence-electron chi connectivity index (χ0n) is 11.2. The average molecular weight is 222 g/mol. The standard InChI is InChI=1S/C15H26O/c1-11-6-7-12-13(10-11)14(2,3)8-5-9-15(12,4)16/h10,12-13,16H,5-9H2,1-4H3/t12-,13-,15+/m1/s1. The van der Waals surface area contributed by atoms with Gasteiger partial charge in [0.25, 0.3) is 0 Å². The zero-order chi connectivity index (χ0) is 12.0. The van der Waals surface area contributed by atoms with Crippen molar-refractivity contribution in [3.8, 4) is 0 Å². The highest BCUT2D eigenvalue weighted by molar-refractivity contribution is 5.14. The van der Waals surface area contributed by atoms with Crippen LogP contribution in [0.3, 0.4) is 0 Å². The molecule has 0 aliphatic heterocycles. The molecule has 1 fully saturated rings. The van der Waals surface area contributed by atoms with E-state index >= 15 is 0 Å². The van der Waals surface area contributed by atoms with E-state index in [4.69, 9.17) is 0 Å². The second-order valence-corrected chi connectivity index (χ2v) is 6.88. The Kier molecular flexibility index (Phi) is 2.94. The Morgan fingerprint density at radius 1 is 1.25 bits per heavy atom. The summed E-state index contributed by atoms with van der Waals surface area (Å²) >= 11 is 0. The van der Waals surface area contributed by atoms with Crippen molar-refractivity contribution in [2.24, 2.45) is 17.3 Å². The van der Waals surface area contributed by atoms with Crippen LogP contribution in [0, 0.1) is 17.3 Å². The molecule has 1 nitrogen and oxygen atoms in total. The lowest BCUT2D eigenvalue weighted by Crippen LogP contribution is -2.42. The number of allylic oxidation sites excluding steroid dienone is 2. The molecule has 0 heterocycles. The largest absolute Gasteiger partial charge is 0.390 e. The first-order valence-electron chi connectivity index (χ1n) is 6.73. The van der Waals surface area contributed by atoms with Gasteiger partial charge in [-0.25, -0.2) is 0 Å². The monoisotopic (exact) mass is 222 g/mol. The number of fused-ring (bicyclic) bond motifs is 1. The highest BCUT2D eigenvalue weighted by atomic mass is 16.3. The maximum atomic E-state index is 10.6. The van der Waals surface area contributed by atoms with Crippen LogP contribution in [0.25, 0.3) is 0 Å². The van der Waals surface area contributed by atoms with E-state index in [2.05, 4.69) is 33.8 Å². The summed E-state index contributed by atoms with van der Waals surface area (Å²) in [5.41, 5.74) is 1.43. The van der Waals surface area contributed by atoms with Crippen LogP contribution in [-0.2, 0) is 0 Å². The molecule has 16 heavy (non-hydrogen) atoms. The average Bonchev–Trinajstić information content (AvgIpc) is 2.23. The number of hydrogen-bond donors (Lipinski definition) is 1. The Morgan fingerprint density at radius 3 is 2.62 bits per heavy atom. The number of hydrogen-bond acceptors (Lipinski definition) is 1. The molecule has 0 spiro atoms. The van der Waals surface area contributed by atoms with E-state index in [0.29, 0.717) is 17.3 Å². The third-order valence-electron chi connectivity index (χ3n) is 4.95. The predicted octanol–water partition coefficient (Wildman–Crippen LogP) is 3.92.